The molecule has 2 aromatic carbocycles. The molecule has 0 spiro atoms. The van der Waals surface area contributed by atoms with E-state index in [1.54, 1.807) is 11.3 Å². The molecule has 92 valence electrons. The van der Waals surface area contributed by atoms with E-state index in [1.807, 2.05) is 42.5 Å². The maximum Gasteiger partial charge on any atom is 0.188 e. The van der Waals surface area contributed by atoms with Crippen molar-refractivity contribution in [2.45, 2.75) is 0 Å². The summed E-state index contributed by atoms with van der Waals surface area (Å²) in [5, 5.41) is 13.2. The van der Waals surface area contributed by atoms with Gasteiger partial charge in [0.05, 0.1) is 21.5 Å². The van der Waals surface area contributed by atoms with E-state index < -0.39 is 0 Å². The molecule has 3 nitrogen and oxygen atoms in total. The molecule has 0 aliphatic carbocycles. The highest BCUT2D eigenvalue weighted by molar-refractivity contribution is 9.10. The first-order valence-corrected chi connectivity index (χ1v) is 7.20. The van der Waals surface area contributed by atoms with Gasteiger partial charge in [0, 0.05) is 4.47 Å². The average Bonchev–Trinajstić information content (AvgIpc) is 2.81. The van der Waals surface area contributed by atoms with Gasteiger partial charge in [-0.05, 0) is 40.2 Å². The predicted molar refractivity (Wildman–Crippen MR) is 81.8 cm³/mol. The number of fused-ring (bicyclic) bond motifs is 1. The molecule has 3 rings (SSSR count). The van der Waals surface area contributed by atoms with Gasteiger partial charge in [-0.2, -0.15) is 5.26 Å². The minimum Gasteiger partial charge on any atom is -0.330 e. The number of thiazole rings is 1. The lowest BCUT2D eigenvalue weighted by Crippen LogP contribution is -1.93. The summed E-state index contributed by atoms with van der Waals surface area (Å²) in [4.78, 5) is 4.50. The molecule has 3 aromatic rings. The largest absolute Gasteiger partial charge is 0.330 e. The van der Waals surface area contributed by atoms with E-state index in [0.717, 1.165) is 25.5 Å². The van der Waals surface area contributed by atoms with Crippen LogP contribution in [0.5, 0.6) is 0 Å². The predicted octanol–water partition coefficient (Wildman–Crippen LogP) is 4.67. The molecule has 0 fully saturated rings. The van der Waals surface area contributed by atoms with E-state index in [2.05, 4.69) is 32.3 Å². The maximum atomic E-state index is 9.18. The molecular weight excluding hydrogens is 322 g/mol. The van der Waals surface area contributed by atoms with Crippen molar-refractivity contribution in [3.63, 3.8) is 0 Å². The van der Waals surface area contributed by atoms with Crippen molar-refractivity contribution >= 4 is 48.3 Å². The van der Waals surface area contributed by atoms with Crippen molar-refractivity contribution < 1.29 is 0 Å². The first-order valence-electron chi connectivity index (χ1n) is 5.59. The van der Waals surface area contributed by atoms with Gasteiger partial charge in [-0.1, -0.05) is 29.5 Å². The lowest BCUT2D eigenvalue weighted by atomic mass is 10.2. The average molecular weight is 330 g/mol. The van der Waals surface area contributed by atoms with Gasteiger partial charge in [0.25, 0.3) is 0 Å². The Morgan fingerprint density at radius 1 is 1.16 bits per heavy atom. The highest BCUT2D eigenvalue weighted by atomic mass is 79.9. The minimum atomic E-state index is 0.585. The lowest BCUT2D eigenvalue weighted by molar-refractivity contribution is 1.41. The quantitative estimate of drug-likeness (QED) is 0.742. The number of nitrogens with zero attached hydrogens (tertiary/aromatic N) is 2. The summed E-state index contributed by atoms with van der Waals surface area (Å²) < 4.78 is 1.90. The fraction of sp³-hybridized carbons (Fsp3) is 0. The molecule has 1 N–H and O–H groups in total. The number of halogens is 1. The van der Waals surface area contributed by atoms with Crippen LogP contribution in [0.4, 0.5) is 10.8 Å². The van der Waals surface area contributed by atoms with Crippen LogP contribution in [0.2, 0.25) is 0 Å². The third-order valence-corrected chi connectivity index (χ3v) is 4.27. The van der Waals surface area contributed by atoms with Crippen molar-refractivity contribution in [1.29, 1.82) is 5.26 Å². The van der Waals surface area contributed by atoms with Crippen LogP contribution in [0.15, 0.2) is 46.9 Å². The highest BCUT2D eigenvalue weighted by Crippen LogP contribution is 2.31. The van der Waals surface area contributed by atoms with Crippen molar-refractivity contribution in [3.05, 3.63) is 52.5 Å². The summed E-state index contributed by atoms with van der Waals surface area (Å²) in [6.07, 6.45) is 0. The summed E-state index contributed by atoms with van der Waals surface area (Å²) in [6.45, 7) is 0. The van der Waals surface area contributed by atoms with E-state index in [-0.39, 0.29) is 0 Å². The number of hydrogen-bond donors (Lipinski definition) is 1. The molecule has 0 radical (unpaired) electrons. The molecule has 0 unspecified atom stereocenters. The molecule has 0 atom stereocenters. The summed E-state index contributed by atoms with van der Waals surface area (Å²) in [5.74, 6) is 0. The van der Waals surface area contributed by atoms with Gasteiger partial charge in [-0.3, -0.25) is 0 Å². The number of hydrogen-bond acceptors (Lipinski definition) is 4. The molecule has 0 amide bonds. The van der Waals surface area contributed by atoms with Gasteiger partial charge in [-0.25, -0.2) is 4.98 Å². The Balaban J connectivity index is 2.02. The van der Waals surface area contributed by atoms with Crippen LogP contribution in [0, 0.1) is 11.3 Å². The zero-order valence-electron chi connectivity index (χ0n) is 9.72. The first kappa shape index (κ1) is 12.2. The third kappa shape index (κ3) is 2.33. The Bertz CT molecular complexity index is 756. The second kappa shape index (κ2) is 5.00. The molecule has 1 aromatic heterocycles. The summed E-state index contributed by atoms with van der Waals surface area (Å²) in [5.41, 5.74) is 2.31. The topological polar surface area (TPSA) is 48.7 Å². The van der Waals surface area contributed by atoms with Gasteiger partial charge < -0.3 is 5.32 Å². The van der Waals surface area contributed by atoms with Crippen LogP contribution in [-0.4, -0.2) is 4.98 Å². The smallest absolute Gasteiger partial charge is 0.188 e. The van der Waals surface area contributed by atoms with Crippen LogP contribution in [0.25, 0.3) is 10.2 Å². The van der Waals surface area contributed by atoms with Crippen LogP contribution < -0.4 is 5.32 Å². The van der Waals surface area contributed by atoms with E-state index in [9.17, 15) is 5.26 Å². The zero-order chi connectivity index (χ0) is 13.2. The number of nitriles is 1. The van der Waals surface area contributed by atoms with Gasteiger partial charge >= 0.3 is 0 Å². The minimum absolute atomic E-state index is 0.585. The highest BCUT2D eigenvalue weighted by Gasteiger charge is 2.08. The Morgan fingerprint density at radius 2 is 2.00 bits per heavy atom. The normalized spacial score (nSPS) is 10.3. The molecule has 0 saturated heterocycles. The Morgan fingerprint density at radius 3 is 2.79 bits per heavy atom. The second-order valence-electron chi connectivity index (χ2n) is 3.89. The molecule has 0 aliphatic heterocycles. The van der Waals surface area contributed by atoms with E-state index in [0.29, 0.717) is 5.56 Å². The second-order valence-corrected chi connectivity index (χ2v) is 5.77. The number of nitrogens with one attached hydrogen (secondary N) is 1. The van der Waals surface area contributed by atoms with Gasteiger partial charge in [0.15, 0.2) is 5.13 Å². The van der Waals surface area contributed by atoms with Gasteiger partial charge in [0.1, 0.15) is 6.07 Å². The number of benzene rings is 2. The van der Waals surface area contributed by atoms with Gasteiger partial charge in [-0.15, -0.1) is 0 Å². The maximum absolute atomic E-state index is 9.18. The van der Waals surface area contributed by atoms with Crippen LogP contribution >= 0.6 is 27.3 Å². The molecule has 1 heterocycles. The summed E-state index contributed by atoms with van der Waals surface area (Å²) in [7, 11) is 0. The van der Waals surface area contributed by atoms with Crippen molar-refractivity contribution in [2.75, 3.05) is 5.32 Å². The van der Waals surface area contributed by atoms with Crippen LogP contribution in [0.1, 0.15) is 5.56 Å². The SMILES string of the molecule is N#Cc1c(Br)cccc1Nc1nc2ccccc2s1. The third-order valence-electron chi connectivity index (χ3n) is 2.66. The molecule has 0 bridgehead atoms. The Labute approximate surface area is 122 Å². The molecule has 0 aliphatic rings. The lowest BCUT2D eigenvalue weighted by Gasteiger charge is -2.05. The molecule has 0 saturated carbocycles. The number of para-hydroxylation sites is 1. The van der Waals surface area contributed by atoms with Gasteiger partial charge in [0.2, 0.25) is 0 Å². The standard InChI is InChI=1S/C14H8BrN3S/c15-10-4-3-6-11(9(10)8-16)17-14-18-12-5-1-2-7-13(12)19-14/h1-7H,(H,17,18). The fourth-order valence-electron chi connectivity index (χ4n) is 1.78. The zero-order valence-corrected chi connectivity index (χ0v) is 12.1. The van der Waals surface area contributed by atoms with Crippen LogP contribution in [0.3, 0.4) is 0 Å². The first-order chi connectivity index (χ1) is 9.28. The van der Waals surface area contributed by atoms with E-state index in [1.165, 1.54) is 0 Å². The van der Waals surface area contributed by atoms with E-state index in [4.69, 9.17) is 0 Å². The van der Waals surface area contributed by atoms with Crippen LogP contribution in [-0.2, 0) is 0 Å². The van der Waals surface area contributed by atoms with E-state index >= 15 is 0 Å². The number of aromatic nitrogens is 1. The number of rotatable bonds is 2. The summed E-state index contributed by atoms with van der Waals surface area (Å²) in [6, 6.07) is 15.8. The van der Waals surface area contributed by atoms with Crippen molar-refractivity contribution in [2.24, 2.45) is 0 Å². The Kier molecular flexibility index (Phi) is 3.20. The summed E-state index contributed by atoms with van der Waals surface area (Å²) >= 11 is 4.95. The molecule has 19 heavy (non-hydrogen) atoms. The molecule has 5 heteroatoms. The number of anilines is 2. The fourth-order valence-corrected chi connectivity index (χ4v) is 3.12. The Hall–Kier alpha value is -1.90. The monoisotopic (exact) mass is 329 g/mol. The van der Waals surface area contributed by atoms with Crippen molar-refractivity contribution in [3.8, 4) is 6.07 Å². The molecular formula is C14H8BrN3S. The van der Waals surface area contributed by atoms with Crippen molar-refractivity contribution in [1.82, 2.24) is 4.98 Å².